The van der Waals surface area contributed by atoms with Crippen molar-refractivity contribution in [3.63, 3.8) is 0 Å². The van der Waals surface area contributed by atoms with Crippen LogP contribution in [-0.2, 0) is 16.1 Å². The fraction of sp³-hybridized carbons (Fsp3) is 0.471. The molecule has 2 rings (SSSR count). The zero-order chi connectivity index (χ0) is 17.1. The van der Waals surface area contributed by atoms with E-state index in [1.54, 1.807) is 7.05 Å². The van der Waals surface area contributed by atoms with Gasteiger partial charge in [0.05, 0.1) is 0 Å². The minimum Gasteiger partial charge on any atom is -0.340 e. The van der Waals surface area contributed by atoms with Gasteiger partial charge in [0.1, 0.15) is 12.6 Å². The van der Waals surface area contributed by atoms with Gasteiger partial charge in [-0.05, 0) is 24.0 Å². The fourth-order valence-corrected chi connectivity index (χ4v) is 2.53. The molecule has 1 atom stereocenters. The summed E-state index contributed by atoms with van der Waals surface area (Å²) < 4.78 is 0. The molecular formula is C17H23N3O3. The zero-order valence-electron chi connectivity index (χ0n) is 14.0. The van der Waals surface area contributed by atoms with Crippen molar-refractivity contribution in [1.82, 2.24) is 15.1 Å². The van der Waals surface area contributed by atoms with Gasteiger partial charge in [-0.15, -0.1) is 0 Å². The molecule has 0 spiro atoms. The Hall–Kier alpha value is -2.37. The third-order valence-corrected chi connectivity index (χ3v) is 4.11. The molecule has 1 N–H and O–H groups in total. The average molecular weight is 317 g/mol. The molecule has 0 saturated carbocycles. The van der Waals surface area contributed by atoms with Gasteiger partial charge in [0, 0.05) is 13.6 Å². The lowest BCUT2D eigenvalue weighted by atomic mass is 10.1. The molecule has 1 heterocycles. The third kappa shape index (κ3) is 3.70. The van der Waals surface area contributed by atoms with Gasteiger partial charge in [-0.3, -0.25) is 14.5 Å². The minimum atomic E-state index is -0.544. The van der Waals surface area contributed by atoms with Gasteiger partial charge in [-0.25, -0.2) is 4.79 Å². The van der Waals surface area contributed by atoms with Crippen LogP contribution < -0.4 is 5.32 Å². The molecule has 0 radical (unpaired) electrons. The highest BCUT2D eigenvalue weighted by Crippen LogP contribution is 2.14. The summed E-state index contributed by atoms with van der Waals surface area (Å²) in [5.41, 5.74) is 2.14. The summed E-state index contributed by atoms with van der Waals surface area (Å²) in [7, 11) is 1.67. The van der Waals surface area contributed by atoms with E-state index < -0.39 is 12.1 Å². The van der Waals surface area contributed by atoms with E-state index in [-0.39, 0.29) is 24.3 Å². The van der Waals surface area contributed by atoms with Gasteiger partial charge in [-0.2, -0.15) is 0 Å². The van der Waals surface area contributed by atoms with E-state index in [2.05, 4.69) is 5.32 Å². The SMILES string of the molecule is Cc1ccccc1CN(C)C(=O)CN1C(=O)NC(C(C)C)C1=O. The first-order valence-corrected chi connectivity index (χ1v) is 7.71. The number of carbonyl (C=O) groups is 3. The summed E-state index contributed by atoms with van der Waals surface area (Å²) in [5.74, 6) is -0.597. The van der Waals surface area contributed by atoms with Crippen LogP contribution in [0.1, 0.15) is 25.0 Å². The normalized spacial score (nSPS) is 17.6. The van der Waals surface area contributed by atoms with Crippen molar-refractivity contribution in [1.29, 1.82) is 0 Å². The number of aryl methyl sites for hydroxylation is 1. The minimum absolute atomic E-state index is 0.00347. The quantitative estimate of drug-likeness (QED) is 0.837. The molecule has 1 unspecified atom stereocenters. The summed E-state index contributed by atoms with van der Waals surface area (Å²) >= 11 is 0. The number of likely N-dealkylation sites (N-methyl/N-ethyl adjacent to an activating group) is 1. The number of amides is 4. The second kappa shape index (κ2) is 6.81. The Balaban J connectivity index is 2.00. The monoisotopic (exact) mass is 317 g/mol. The van der Waals surface area contributed by atoms with Gasteiger partial charge in [0.25, 0.3) is 5.91 Å². The Kier molecular flexibility index (Phi) is 5.03. The molecule has 1 aromatic rings. The summed E-state index contributed by atoms with van der Waals surface area (Å²) in [5, 5.41) is 2.62. The molecular weight excluding hydrogens is 294 g/mol. The first kappa shape index (κ1) is 17.0. The number of nitrogens with one attached hydrogen (secondary N) is 1. The van der Waals surface area contributed by atoms with Crippen molar-refractivity contribution in [3.8, 4) is 0 Å². The van der Waals surface area contributed by atoms with E-state index in [9.17, 15) is 14.4 Å². The molecule has 1 aliphatic rings. The van der Waals surface area contributed by atoms with Crippen LogP contribution in [0.4, 0.5) is 4.79 Å². The maximum Gasteiger partial charge on any atom is 0.325 e. The van der Waals surface area contributed by atoms with Crippen molar-refractivity contribution in [2.75, 3.05) is 13.6 Å². The molecule has 6 nitrogen and oxygen atoms in total. The molecule has 4 amide bonds. The van der Waals surface area contributed by atoms with E-state index in [0.717, 1.165) is 16.0 Å². The van der Waals surface area contributed by atoms with Crippen LogP contribution in [0.5, 0.6) is 0 Å². The second-order valence-electron chi connectivity index (χ2n) is 6.27. The van der Waals surface area contributed by atoms with Crippen molar-refractivity contribution in [2.24, 2.45) is 5.92 Å². The molecule has 6 heteroatoms. The lowest BCUT2D eigenvalue weighted by Crippen LogP contribution is -2.42. The Bertz CT molecular complexity index is 627. The zero-order valence-corrected chi connectivity index (χ0v) is 14.0. The second-order valence-corrected chi connectivity index (χ2v) is 6.27. The van der Waals surface area contributed by atoms with Gasteiger partial charge < -0.3 is 10.2 Å². The number of nitrogens with zero attached hydrogens (tertiary/aromatic N) is 2. The summed E-state index contributed by atoms with van der Waals surface area (Å²) in [6.45, 7) is 5.92. The molecule has 23 heavy (non-hydrogen) atoms. The van der Waals surface area contributed by atoms with E-state index >= 15 is 0 Å². The number of hydrogen-bond donors (Lipinski definition) is 1. The van der Waals surface area contributed by atoms with Crippen molar-refractivity contribution in [2.45, 2.75) is 33.4 Å². The van der Waals surface area contributed by atoms with E-state index in [4.69, 9.17) is 0 Å². The van der Waals surface area contributed by atoms with Crippen LogP contribution >= 0.6 is 0 Å². The maximum atomic E-state index is 12.3. The number of imide groups is 1. The predicted molar refractivity (Wildman–Crippen MR) is 86.5 cm³/mol. The van der Waals surface area contributed by atoms with Gasteiger partial charge in [0.2, 0.25) is 5.91 Å². The number of benzene rings is 1. The largest absolute Gasteiger partial charge is 0.340 e. The first-order valence-electron chi connectivity index (χ1n) is 7.71. The molecule has 124 valence electrons. The molecule has 0 aromatic heterocycles. The van der Waals surface area contributed by atoms with Crippen LogP contribution in [-0.4, -0.2) is 47.3 Å². The van der Waals surface area contributed by atoms with Crippen molar-refractivity contribution in [3.05, 3.63) is 35.4 Å². The molecule has 0 bridgehead atoms. The molecule has 1 aliphatic heterocycles. The van der Waals surface area contributed by atoms with E-state index in [1.807, 2.05) is 45.0 Å². The summed E-state index contributed by atoms with van der Waals surface area (Å²) in [4.78, 5) is 39.0. The summed E-state index contributed by atoms with van der Waals surface area (Å²) in [6.07, 6.45) is 0. The number of rotatable bonds is 5. The maximum absolute atomic E-state index is 12.3. The lowest BCUT2D eigenvalue weighted by molar-refractivity contribution is -0.137. The van der Waals surface area contributed by atoms with Crippen LogP contribution in [0.2, 0.25) is 0 Å². The summed E-state index contributed by atoms with van der Waals surface area (Å²) in [6, 6.07) is 6.77. The highest BCUT2D eigenvalue weighted by atomic mass is 16.2. The molecule has 1 fully saturated rings. The van der Waals surface area contributed by atoms with Crippen LogP contribution in [0.25, 0.3) is 0 Å². The molecule has 0 aliphatic carbocycles. The Labute approximate surface area is 136 Å². The van der Waals surface area contributed by atoms with E-state index in [0.29, 0.717) is 6.54 Å². The number of hydrogen-bond acceptors (Lipinski definition) is 3. The van der Waals surface area contributed by atoms with Crippen LogP contribution in [0, 0.1) is 12.8 Å². The third-order valence-electron chi connectivity index (χ3n) is 4.11. The lowest BCUT2D eigenvalue weighted by Gasteiger charge is -2.21. The molecule has 1 saturated heterocycles. The average Bonchev–Trinajstić information content (AvgIpc) is 2.77. The van der Waals surface area contributed by atoms with Gasteiger partial charge in [0.15, 0.2) is 0 Å². The standard InChI is InChI=1S/C17H23N3O3/c1-11(2)15-16(22)20(17(23)18-15)10-14(21)19(4)9-13-8-6-5-7-12(13)3/h5-8,11,15H,9-10H2,1-4H3,(H,18,23). The topological polar surface area (TPSA) is 69.7 Å². The van der Waals surface area contributed by atoms with Crippen LogP contribution in [0.3, 0.4) is 0 Å². The van der Waals surface area contributed by atoms with Crippen molar-refractivity contribution < 1.29 is 14.4 Å². The Morgan fingerprint density at radius 2 is 1.96 bits per heavy atom. The fourth-order valence-electron chi connectivity index (χ4n) is 2.53. The van der Waals surface area contributed by atoms with Crippen molar-refractivity contribution >= 4 is 17.8 Å². The molecule has 1 aromatic carbocycles. The predicted octanol–water partition coefficient (Wildman–Crippen LogP) is 1.53. The highest BCUT2D eigenvalue weighted by molar-refractivity contribution is 6.06. The number of urea groups is 1. The number of carbonyl (C=O) groups excluding carboxylic acids is 3. The van der Waals surface area contributed by atoms with Gasteiger partial charge in [-0.1, -0.05) is 38.1 Å². The highest BCUT2D eigenvalue weighted by Gasteiger charge is 2.40. The van der Waals surface area contributed by atoms with E-state index in [1.165, 1.54) is 4.90 Å². The van der Waals surface area contributed by atoms with Gasteiger partial charge >= 0.3 is 6.03 Å². The first-order chi connectivity index (χ1) is 10.8. The Morgan fingerprint density at radius 3 is 2.52 bits per heavy atom. The Morgan fingerprint density at radius 1 is 1.30 bits per heavy atom. The van der Waals surface area contributed by atoms with Crippen LogP contribution in [0.15, 0.2) is 24.3 Å². The smallest absolute Gasteiger partial charge is 0.325 e.